The molecular formula is C23H36O5. The van der Waals surface area contributed by atoms with Gasteiger partial charge in [0.25, 0.3) is 0 Å². The smallest absolute Gasteiger partial charge is 0.303 e. The first-order chi connectivity index (χ1) is 13.4. The second-order valence-electron chi connectivity index (χ2n) is 8.56. The number of unbranched alkanes of at least 4 members (excludes halogenated alkanes) is 1. The van der Waals surface area contributed by atoms with E-state index in [9.17, 15) is 19.8 Å². The number of allylic oxidation sites excluding steroid dienone is 2. The third-order valence-corrected chi connectivity index (χ3v) is 6.57. The number of carboxylic acids is 1. The minimum atomic E-state index is -0.794. The van der Waals surface area contributed by atoms with Crippen LogP contribution >= 0.6 is 0 Å². The molecule has 2 saturated carbocycles. The van der Waals surface area contributed by atoms with E-state index in [1.165, 1.54) is 6.42 Å². The lowest BCUT2D eigenvalue weighted by atomic mass is 9.62. The Bertz CT molecular complexity index is 576. The van der Waals surface area contributed by atoms with Crippen LogP contribution in [-0.4, -0.2) is 39.3 Å². The molecule has 158 valence electrons. The summed E-state index contributed by atoms with van der Waals surface area (Å²) in [5.74, 6) is -1.14. The molecule has 3 N–H and O–H groups in total. The third-order valence-electron chi connectivity index (χ3n) is 6.57. The highest BCUT2D eigenvalue weighted by Gasteiger charge is 2.42. The zero-order chi connectivity index (χ0) is 20.6. The van der Waals surface area contributed by atoms with Gasteiger partial charge in [-0.3, -0.25) is 9.59 Å². The molecule has 0 aliphatic heterocycles. The normalized spacial score (nSPS) is 28.1. The molecule has 0 radical (unpaired) electrons. The van der Waals surface area contributed by atoms with Crippen molar-refractivity contribution in [2.45, 2.75) is 89.8 Å². The zero-order valence-corrected chi connectivity index (χ0v) is 17.1. The van der Waals surface area contributed by atoms with Gasteiger partial charge in [-0.25, -0.2) is 0 Å². The molecule has 0 aromatic heterocycles. The number of ketones is 1. The first kappa shape index (κ1) is 22.8. The number of hydrogen-bond donors (Lipinski definition) is 3. The molecule has 0 spiro atoms. The van der Waals surface area contributed by atoms with Crippen molar-refractivity contribution >= 4 is 11.8 Å². The Kier molecular flexibility index (Phi) is 8.90. The molecule has 2 fully saturated rings. The van der Waals surface area contributed by atoms with Crippen molar-refractivity contribution in [2.24, 2.45) is 17.3 Å². The van der Waals surface area contributed by atoms with Crippen molar-refractivity contribution in [2.75, 3.05) is 0 Å². The van der Waals surface area contributed by atoms with E-state index in [1.54, 1.807) is 0 Å². The lowest BCUT2D eigenvalue weighted by molar-refractivity contribution is -0.137. The highest BCUT2D eigenvalue weighted by atomic mass is 16.4. The average molecular weight is 393 g/mol. The minimum absolute atomic E-state index is 0.0707. The summed E-state index contributed by atoms with van der Waals surface area (Å²) in [4.78, 5) is 22.8. The molecule has 0 heterocycles. The number of rotatable bonds is 12. The molecule has 28 heavy (non-hydrogen) atoms. The van der Waals surface area contributed by atoms with Gasteiger partial charge < -0.3 is 15.3 Å². The Morgan fingerprint density at radius 1 is 1.29 bits per heavy atom. The van der Waals surface area contributed by atoms with Gasteiger partial charge in [0.15, 0.2) is 0 Å². The fourth-order valence-corrected chi connectivity index (χ4v) is 4.75. The Hall–Kier alpha value is -1.46. The molecule has 0 aromatic carbocycles. The SMILES string of the molecule is CCCC1([C@H](O)C/C=C/[C@@H]2C(C/C=C\CCCC(=O)O)C(=O)C[C@H]2O)CCC1. The summed E-state index contributed by atoms with van der Waals surface area (Å²) >= 11 is 0. The molecule has 0 amide bonds. The lowest BCUT2D eigenvalue weighted by Gasteiger charge is -2.45. The quantitative estimate of drug-likeness (QED) is 0.344. The Balaban J connectivity index is 1.85. The first-order valence-corrected chi connectivity index (χ1v) is 10.8. The summed E-state index contributed by atoms with van der Waals surface area (Å²) in [6.07, 6.45) is 15.0. The molecule has 0 aromatic rings. The molecule has 0 saturated heterocycles. The third kappa shape index (κ3) is 6.02. The molecule has 1 unspecified atom stereocenters. The second kappa shape index (κ2) is 10.9. The van der Waals surface area contributed by atoms with Crippen LogP contribution in [0.1, 0.15) is 77.6 Å². The predicted molar refractivity (Wildman–Crippen MR) is 109 cm³/mol. The molecule has 4 atom stereocenters. The van der Waals surface area contributed by atoms with Crippen LogP contribution in [0.4, 0.5) is 0 Å². The van der Waals surface area contributed by atoms with E-state index in [1.807, 2.05) is 24.3 Å². The fraction of sp³-hybridized carbons (Fsp3) is 0.739. The number of carbonyl (C=O) groups is 2. The standard InChI is InChI=1S/C23H36O5/c1-2-13-23(14-8-15-23)21(26)11-7-10-18-17(19(24)16-20(18)25)9-5-3-4-6-12-22(27)28/h3,5,7,10,17-18,20-21,25-26H,2,4,6,8-9,11-16H2,1H3,(H,27,28)/b5-3-,10-7+/t17?,18-,20-,21-/m1/s1. The van der Waals surface area contributed by atoms with Crippen LogP contribution < -0.4 is 0 Å². The average Bonchev–Trinajstić information content (AvgIpc) is 2.87. The van der Waals surface area contributed by atoms with Gasteiger partial charge in [0, 0.05) is 24.7 Å². The maximum Gasteiger partial charge on any atom is 0.303 e. The molecule has 2 aliphatic rings. The summed E-state index contributed by atoms with van der Waals surface area (Å²) in [6, 6.07) is 0. The highest BCUT2D eigenvalue weighted by molar-refractivity contribution is 5.84. The van der Waals surface area contributed by atoms with E-state index in [0.717, 1.165) is 25.7 Å². The lowest BCUT2D eigenvalue weighted by Crippen LogP contribution is -2.41. The number of carbonyl (C=O) groups excluding carboxylic acids is 1. The van der Waals surface area contributed by atoms with E-state index in [-0.39, 0.29) is 42.0 Å². The van der Waals surface area contributed by atoms with Crippen molar-refractivity contribution in [3.05, 3.63) is 24.3 Å². The van der Waals surface area contributed by atoms with Gasteiger partial charge in [0.2, 0.25) is 0 Å². The van der Waals surface area contributed by atoms with Crippen LogP contribution in [0.15, 0.2) is 24.3 Å². The van der Waals surface area contributed by atoms with Crippen molar-refractivity contribution < 1.29 is 24.9 Å². The maximum atomic E-state index is 12.2. The van der Waals surface area contributed by atoms with E-state index in [2.05, 4.69) is 6.92 Å². The van der Waals surface area contributed by atoms with Gasteiger partial charge in [-0.05, 0) is 50.4 Å². The molecule has 2 rings (SSSR count). The van der Waals surface area contributed by atoms with Gasteiger partial charge in [-0.1, -0.05) is 44.1 Å². The highest BCUT2D eigenvalue weighted by Crippen LogP contribution is 2.48. The van der Waals surface area contributed by atoms with Crippen molar-refractivity contribution in [1.29, 1.82) is 0 Å². The summed E-state index contributed by atoms with van der Waals surface area (Å²) in [6.45, 7) is 2.16. The van der Waals surface area contributed by atoms with Crippen LogP contribution in [0.3, 0.4) is 0 Å². The summed E-state index contributed by atoms with van der Waals surface area (Å²) in [5, 5.41) is 29.6. The number of aliphatic hydroxyl groups is 2. The Morgan fingerprint density at radius 3 is 2.64 bits per heavy atom. The van der Waals surface area contributed by atoms with Gasteiger partial charge in [-0.2, -0.15) is 0 Å². The van der Waals surface area contributed by atoms with Gasteiger partial charge in [0.05, 0.1) is 12.2 Å². The number of carboxylic acid groups (broad SMARTS) is 1. The molecule has 5 nitrogen and oxygen atoms in total. The van der Waals surface area contributed by atoms with Crippen LogP contribution in [-0.2, 0) is 9.59 Å². The van der Waals surface area contributed by atoms with Crippen molar-refractivity contribution in [3.8, 4) is 0 Å². The largest absolute Gasteiger partial charge is 0.481 e. The van der Waals surface area contributed by atoms with E-state index in [0.29, 0.717) is 25.7 Å². The Labute approximate surface area is 168 Å². The van der Waals surface area contributed by atoms with E-state index >= 15 is 0 Å². The van der Waals surface area contributed by atoms with Crippen molar-refractivity contribution in [1.82, 2.24) is 0 Å². The van der Waals surface area contributed by atoms with Crippen LogP contribution in [0.25, 0.3) is 0 Å². The maximum absolute atomic E-state index is 12.2. The van der Waals surface area contributed by atoms with Crippen LogP contribution in [0.2, 0.25) is 0 Å². The summed E-state index contributed by atoms with van der Waals surface area (Å²) < 4.78 is 0. The van der Waals surface area contributed by atoms with Gasteiger partial charge in [0.1, 0.15) is 5.78 Å². The number of hydrogen-bond acceptors (Lipinski definition) is 4. The summed E-state index contributed by atoms with van der Waals surface area (Å²) in [7, 11) is 0. The zero-order valence-electron chi connectivity index (χ0n) is 17.1. The number of aliphatic carboxylic acids is 1. The van der Waals surface area contributed by atoms with Crippen LogP contribution in [0, 0.1) is 17.3 Å². The molecule has 2 aliphatic carbocycles. The second-order valence-corrected chi connectivity index (χ2v) is 8.56. The first-order valence-electron chi connectivity index (χ1n) is 10.8. The minimum Gasteiger partial charge on any atom is -0.481 e. The molecular weight excluding hydrogens is 356 g/mol. The van der Waals surface area contributed by atoms with Crippen LogP contribution in [0.5, 0.6) is 0 Å². The van der Waals surface area contributed by atoms with E-state index in [4.69, 9.17) is 5.11 Å². The molecule has 0 bridgehead atoms. The van der Waals surface area contributed by atoms with E-state index < -0.39 is 12.1 Å². The predicted octanol–water partition coefficient (Wildman–Crippen LogP) is 4.03. The van der Waals surface area contributed by atoms with Gasteiger partial charge in [-0.15, -0.1) is 0 Å². The number of Topliss-reactive ketones (excluding diaryl/α,β-unsaturated/α-hetero) is 1. The van der Waals surface area contributed by atoms with Crippen molar-refractivity contribution in [3.63, 3.8) is 0 Å². The molecule has 5 heteroatoms. The number of aliphatic hydroxyl groups excluding tert-OH is 2. The fourth-order valence-electron chi connectivity index (χ4n) is 4.75. The van der Waals surface area contributed by atoms with Gasteiger partial charge >= 0.3 is 5.97 Å². The summed E-state index contributed by atoms with van der Waals surface area (Å²) in [5.41, 5.74) is 0.0707. The topological polar surface area (TPSA) is 94.8 Å². The Morgan fingerprint density at radius 2 is 2.04 bits per heavy atom. The monoisotopic (exact) mass is 392 g/mol.